The Labute approximate surface area is 116 Å². The molecule has 2 aliphatic rings. The average Bonchev–Trinajstić information content (AvgIpc) is 2.47. The molecule has 0 saturated carbocycles. The first-order chi connectivity index (χ1) is 9.05. The maximum absolute atomic E-state index is 12.6. The van der Waals surface area contributed by atoms with Crippen LogP contribution in [-0.4, -0.2) is 57.4 Å². The van der Waals surface area contributed by atoms with Crippen molar-refractivity contribution >= 4 is 10.0 Å². The number of ether oxygens (including phenoxy) is 1. The topological polar surface area (TPSA) is 58.6 Å². The zero-order chi connectivity index (χ0) is 13.9. The average molecular weight is 290 g/mol. The van der Waals surface area contributed by atoms with Gasteiger partial charge in [-0.1, -0.05) is 0 Å². The van der Waals surface area contributed by atoms with Gasteiger partial charge >= 0.3 is 0 Å². The third kappa shape index (κ3) is 3.48. The second-order valence-electron chi connectivity index (χ2n) is 5.69. The molecule has 0 bridgehead atoms. The molecule has 0 aromatic rings. The number of nitrogens with zero attached hydrogens (tertiary/aromatic N) is 1. The van der Waals surface area contributed by atoms with Gasteiger partial charge in [-0.3, -0.25) is 0 Å². The monoisotopic (exact) mass is 290 g/mol. The molecule has 6 heteroatoms. The highest BCUT2D eigenvalue weighted by Gasteiger charge is 2.36. The van der Waals surface area contributed by atoms with Crippen molar-refractivity contribution < 1.29 is 13.2 Å². The van der Waals surface area contributed by atoms with E-state index in [0.29, 0.717) is 51.1 Å². The first-order valence-electron chi connectivity index (χ1n) is 7.29. The van der Waals surface area contributed by atoms with E-state index in [9.17, 15) is 8.42 Å². The predicted octanol–water partition coefficient (Wildman–Crippen LogP) is 0.815. The molecule has 0 aromatic heterocycles. The summed E-state index contributed by atoms with van der Waals surface area (Å²) >= 11 is 0. The Morgan fingerprint density at radius 1 is 1.26 bits per heavy atom. The van der Waals surface area contributed by atoms with Gasteiger partial charge in [0.25, 0.3) is 0 Å². The molecule has 2 aliphatic heterocycles. The smallest absolute Gasteiger partial charge is 0.217 e. The highest BCUT2D eigenvalue weighted by atomic mass is 32.2. The van der Waals surface area contributed by atoms with Gasteiger partial charge in [-0.25, -0.2) is 12.7 Å². The summed E-state index contributed by atoms with van der Waals surface area (Å²) in [4.78, 5) is 0. The normalized spacial score (nSPS) is 29.3. The zero-order valence-electron chi connectivity index (χ0n) is 12.0. The van der Waals surface area contributed by atoms with Gasteiger partial charge in [0, 0.05) is 32.3 Å². The summed E-state index contributed by atoms with van der Waals surface area (Å²) in [5.74, 6) is 0.424. The van der Waals surface area contributed by atoms with Gasteiger partial charge in [-0.15, -0.1) is 0 Å². The molecule has 0 aliphatic carbocycles. The van der Waals surface area contributed by atoms with Gasteiger partial charge in [0.05, 0.1) is 5.25 Å². The first-order valence-corrected chi connectivity index (χ1v) is 8.80. The first kappa shape index (κ1) is 15.2. The molecule has 2 saturated heterocycles. The standard InChI is InChI=1S/C13H26N2O3S/c1-11(14-2)12-4-3-7-15(10-12)19(16,17)13-5-8-18-9-6-13/h11-14H,3-10H2,1-2H3. The molecule has 2 rings (SSSR count). The van der Waals surface area contributed by atoms with Crippen LogP contribution in [0.1, 0.15) is 32.6 Å². The lowest BCUT2D eigenvalue weighted by molar-refractivity contribution is 0.0965. The number of sulfonamides is 1. The minimum atomic E-state index is -3.13. The highest BCUT2D eigenvalue weighted by molar-refractivity contribution is 7.89. The predicted molar refractivity (Wildman–Crippen MR) is 75.6 cm³/mol. The molecule has 0 radical (unpaired) electrons. The number of nitrogens with one attached hydrogen (secondary N) is 1. The lowest BCUT2D eigenvalue weighted by Gasteiger charge is -2.37. The van der Waals surface area contributed by atoms with Crippen molar-refractivity contribution in [3.05, 3.63) is 0 Å². The van der Waals surface area contributed by atoms with Crippen LogP contribution in [-0.2, 0) is 14.8 Å². The summed E-state index contributed by atoms with van der Waals surface area (Å²) in [5.41, 5.74) is 0. The summed E-state index contributed by atoms with van der Waals surface area (Å²) in [6.45, 7) is 4.64. The lowest BCUT2D eigenvalue weighted by atomic mass is 9.93. The Morgan fingerprint density at radius 2 is 1.95 bits per heavy atom. The molecule has 2 unspecified atom stereocenters. The fourth-order valence-corrected chi connectivity index (χ4v) is 5.03. The maximum atomic E-state index is 12.6. The summed E-state index contributed by atoms with van der Waals surface area (Å²) in [6, 6.07) is 0.368. The largest absolute Gasteiger partial charge is 0.381 e. The Bertz CT molecular complexity index is 379. The van der Waals surface area contributed by atoms with Crippen molar-refractivity contribution in [2.45, 2.75) is 43.9 Å². The van der Waals surface area contributed by atoms with Crippen LogP contribution in [0, 0.1) is 5.92 Å². The maximum Gasteiger partial charge on any atom is 0.217 e. The van der Waals surface area contributed by atoms with E-state index in [1.807, 2.05) is 7.05 Å². The molecule has 2 atom stereocenters. The number of hydrogen-bond donors (Lipinski definition) is 1. The quantitative estimate of drug-likeness (QED) is 0.832. The lowest BCUT2D eigenvalue weighted by Crippen LogP contribution is -2.49. The van der Waals surface area contributed by atoms with Gasteiger partial charge < -0.3 is 10.1 Å². The van der Waals surface area contributed by atoms with E-state index < -0.39 is 10.0 Å². The van der Waals surface area contributed by atoms with E-state index in [0.717, 1.165) is 12.8 Å². The number of piperidine rings is 1. The molecular formula is C13H26N2O3S. The van der Waals surface area contributed by atoms with Crippen LogP contribution < -0.4 is 5.32 Å². The highest BCUT2D eigenvalue weighted by Crippen LogP contribution is 2.26. The van der Waals surface area contributed by atoms with Crippen molar-refractivity contribution in [1.82, 2.24) is 9.62 Å². The molecule has 19 heavy (non-hydrogen) atoms. The van der Waals surface area contributed by atoms with Crippen LogP contribution in [0.3, 0.4) is 0 Å². The Kier molecular flexibility index (Phi) is 5.22. The second-order valence-corrected chi connectivity index (χ2v) is 7.91. The van der Waals surface area contributed by atoms with Gasteiger partial charge in [-0.05, 0) is 45.6 Å². The van der Waals surface area contributed by atoms with E-state index in [-0.39, 0.29) is 5.25 Å². The van der Waals surface area contributed by atoms with Gasteiger partial charge in [0.2, 0.25) is 10.0 Å². The van der Waals surface area contributed by atoms with E-state index in [4.69, 9.17) is 4.74 Å². The van der Waals surface area contributed by atoms with Gasteiger partial charge in [-0.2, -0.15) is 0 Å². The number of rotatable bonds is 4. The van der Waals surface area contributed by atoms with Crippen molar-refractivity contribution in [3.8, 4) is 0 Å². The van der Waals surface area contributed by atoms with E-state index in [1.165, 1.54) is 0 Å². The molecule has 2 fully saturated rings. The fourth-order valence-electron chi connectivity index (χ4n) is 3.03. The minimum absolute atomic E-state index is 0.232. The van der Waals surface area contributed by atoms with E-state index in [1.54, 1.807) is 4.31 Å². The van der Waals surface area contributed by atoms with Gasteiger partial charge in [0.15, 0.2) is 0 Å². The Hall–Kier alpha value is -0.170. The molecular weight excluding hydrogens is 264 g/mol. The van der Waals surface area contributed by atoms with Crippen LogP contribution in [0.2, 0.25) is 0 Å². The molecule has 1 N–H and O–H groups in total. The van der Waals surface area contributed by atoms with Crippen molar-refractivity contribution in [1.29, 1.82) is 0 Å². The fraction of sp³-hybridized carbons (Fsp3) is 1.00. The van der Waals surface area contributed by atoms with Crippen LogP contribution in [0.15, 0.2) is 0 Å². The second kappa shape index (κ2) is 6.52. The summed E-state index contributed by atoms with van der Waals surface area (Å²) < 4.78 is 32.3. The Morgan fingerprint density at radius 3 is 2.58 bits per heavy atom. The van der Waals surface area contributed by atoms with Crippen molar-refractivity contribution in [2.75, 3.05) is 33.4 Å². The van der Waals surface area contributed by atoms with Crippen LogP contribution in [0.5, 0.6) is 0 Å². The van der Waals surface area contributed by atoms with Crippen molar-refractivity contribution in [2.24, 2.45) is 5.92 Å². The van der Waals surface area contributed by atoms with Gasteiger partial charge in [0.1, 0.15) is 0 Å². The third-order valence-electron chi connectivity index (χ3n) is 4.53. The molecule has 112 valence electrons. The molecule has 0 aromatic carbocycles. The molecule has 2 heterocycles. The summed E-state index contributed by atoms with van der Waals surface area (Å²) in [5, 5.41) is 3.01. The minimum Gasteiger partial charge on any atom is -0.381 e. The third-order valence-corrected chi connectivity index (χ3v) is 6.90. The zero-order valence-corrected chi connectivity index (χ0v) is 12.8. The molecule has 5 nitrogen and oxygen atoms in total. The van der Waals surface area contributed by atoms with E-state index >= 15 is 0 Å². The molecule has 0 spiro atoms. The number of hydrogen-bond acceptors (Lipinski definition) is 4. The summed E-state index contributed by atoms with van der Waals surface area (Å²) in [7, 11) is -1.19. The van der Waals surface area contributed by atoms with Crippen LogP contribution >= 0.6 is 0 Å². The van der Waals surface area contributed by atoms with Crippen LogP contribution in [0.25, 0.3) is 0 Å². The van der Waals surface area contributed by atoms with Crippen LogP contribution in [0.4, 0.5) is 0 Å². The molecule has 0 amide bonds. The van der Waals surface area contributed by atoms with Crippen molar-refractivity contribution in [3.63, 3.8) is 0 Å². The SMILES string of the molecule is CNC(C)C1CCCN(S(=O)(=O)C2CCOCC2)C1. The van der Waals surface area contributed by atoms with E-state index in [2.05, 4.69) is 12.2 Å². The summed E-state index contributed by atoms with van der Waals surface area (Å²) in [6.07, 6.45) is 3.37. The Balaban J connectivity index is 2.03.